The molecule has 0 saturated carbocycles. The van der Waals surface area contributed by atoms with E-state index >= 15 is 0 Å². The standard InChI is InChI=1S/C28H36ClN5O3S.C15H24N2O/c1-17(2)37-25-15-21(20-10-12-30-13-11-20)19(5)14-24(25)33-28-31-16-22(29)27(34-28)32-23-8-6-7-9-26(23)38(35,36)18(3)4;1-10(2)18-15-9-13(11(3)8-14(15)16)12-4-6-17-7-5-12/h6-9,14-18,20,30H,10-13H2,1-5H3,(H2,31,32,33,34);8-10,12,17H,4-7,16H2,1-3H3/i1D3,2D3,3D3,4D3,12D2,13D2,17D,18D;1D3,2D3,6D2,7D2,10D. The Morgan fingerprint density at radius 2 is 1.41 bits per heavy atom. The Bertz CT molecular complexity index is 3150. The highest BCUT2D eigenvalue weighted by Crippen LogP contribution is 2.38. The Kier molecular flexibility index (Phi) is 6.45. The molecule has 2 fully saturated rings. The lowest BCUT2D eigenvalue weighted by atomic mass is 9.87. The minimum absolute atomic E-state index is 0.0682. The molecule has 0 atom stereocenters. The van der Waals surface area contributed by atoms with Gasteiger partial charge in [-0.25, -0.2) is 13.4 Å². The van der Waals surface area contributed by atoms with Gasteiger partial charge in [0.05, 0.1) is 48.3 Å². The highest BCUT2D eigenvalue weighted by atomic mass is 35.5. The summed E-state index contributed by atoms with van der Waals surface area (Å²) in [5.41, 5.74) is 6.80. The molecular weight excluding hydrogens is 746 g/mol. The summed E-state index contributed by atoms with van der Waals surface area (Å²) in [4.78, 5) is 7.34. The molecule has 0 spiro atoms. The first kappa shape index (κ1) is 18.7. The molecule has 56 heavy (non-hydrogen) atoms. The highest BCUT2D eigenvalue weighted by molar-refractivity contribution is 7.92. The minimum Gasteiger partial charge on any atom is -0.489 e. The number of para-hydroxylation sites is 1. The van der Waals surface area contributed by atoms with Gasteiger partial charge in [-0.15, -0.1) is 0 Å². The molecule has 2 saturated heterocycles. The third-order valence-corrected chi connectivity index (χ3v) is 10.3. The molecule has 2 aliphatic heterocycles. The van der Waals surface area contributed by atoms with E-state index in [4.69, 9.17) is 66.6 Å². The Balaban J connectivity index is 0.000000381. The fourth-order valence-corrected chi connectivity index (χ4v) is 6.91. The van der Waals surface area contributed by atoms with E-state index in [9.17, 15) is 8.42 Å². The number of piperidine rings is 2. The zero-order valence-electron chi connectivity index (χ0n) is 59.1. The van der Waals surface area contributed by atoms with Crippen molar-refractivity contribution >= 4 is 50.3 Å². The monoisotopic (exact) mass is 835 g/mol. The first-order valence-electron chi connectivity index (χ1n) is 31.3. The fourth-order valence-electron chi connectivity index (χ4n) is 5.88. The molecule has 4 aromatic rings. The number of nitrogens with one attached hydrogen (secondary N) is 4. The molecule has 0 aliphatic carbocycles. The number of aromatic nitrogens is 2. The number of nitrogens with zero attached hydrogens (tertiary/aromatic N) is 2. The van der Waals surface area contributed by atoms with Gasteiger partial charge in [0.2, 0.25) is 5.95 Å². The number of sulfone groups is 1. The maximum Gasteiger partial charge on any atom is 0.229 e. The van der Waals surface area contributed by atoms with E-state index in [1.807, 2.05) is 0 Å². The lowest BCUT2D eigenvalue weighted by molar-refractivity contribution is 0.243. The Morgan fingerprint density at radius 1 is 0.839 bits per heavy atom. The Morgan fingerprint density at radius 3 is 2.02 bits per heavy atom. The number of benzene rings is 3. The van der Waals surface area contributed by atoms with Gasteiger partial charge in [-0.1, -0.05) is 23.7 Å². The Hall–Kier alpha value is -4.10. The van der Waals surface area contributed by atoms with E-state index in [0.717, 1.165) is 24.4 Å². The molecule has 6 N–H and O–H groups in total. The van der Waals surface area contributed by atoms with Crippen molar-refractivity contribution in [1.29, 1.82) is 0 Å². The van der Waals surface area contributed by atoms with Crippen LogP contribution in [0.2, 0.25) is 5.02 Å². The number of aryl methyl sites for hydroxylation is 2. The van der Waals surface area contributed by atoms with Crippen LogP contribution in [0.4, 0.5) is 28.8 Å². The van der Waals surface area contributed by atoms with Gasteiger partial charge in [0, 0.05) is 37.0 Å². The summed E-state index contributed by atoms with van der Waals surface area (Å²) in [5.74, 6) is -3.09. The zero-order chi connectivity index (χ0) is 65.5. The highest BCUT2D eigenvalue weighted by Gasteiger charge is 2.24. The van der Waals surface area contributed by atoms with E-state index in [1.165, 1.54) is 30.3 Å². The number of hydrogen-bond donors (Lipinski definition) is 5. The summed E-state index contributed by atoms with van der Waals surface area (Å²) in [7, 11) is -5.52. The second-order valence-corrected chi connectivity index (χ2v) is 14.7. The van der Waals surface area contributed by atoms with Crippen LogP contribution in [0.5, 0.6) is 11.5 Å². The molecular formula is C43H60ClN7O4S. The van der Waals surface area contributed by atoms with Crippen molar-refractivity contribution in [1.82, 2.24) is 20.6 Å². The molecule has 3 heterocycles. The largest absolute Gasteiger partial charge is 0.489 e. The van der Waals surface area contributed by atoms with Crippen LogP contribution < -0.4 is 36.5 Å². The summed E-state index contributed by atoms with van der Waals surface area (Å²) < 4.78 is 266. The molecule has 13 heteroatoms. The number of nitrogens with two attached hydrogens (primary N) is 1. The second kappa shape index (κ2) is 19.4. The van der Waals surface area contributed by atoms with Gasteiger partial charge >= 0.3 is 0 Å². The van der Waals surface area contributed by atoms with Crippen LogP contribution in [0.25, 0.3) is 0 Å². The SMILES string of the molecule is [2H]C1([2H])CC(c2cc(OC([2H])(C([2H])([2H])[2H])C([2H])([2H])[2H])c(N)cc2C)CC([2H])([2H])N1.[2H]C1([2H])CC(c2cc(OC([2H])(C([2H])([2H])[2H])C([2H])([2H])[2H])c(Nc3ncc(Cl)c(Nc4ccccc4S(=O)(=O)C([2H])(C([2H])([2H])[2H])C([2H])([2H])[2H])n3)cc2C)CC([2H])([2H])N1. The van der Waals surface area contributed by atoms with Gasteiger partial charge in [0.15, 0.2) is 15.7 Å². The zero-order valence-corrected chi connectivity index (χ0v) is 31.6. The predicted molar refractivity (Wildman–Crippen MR) is 230 cm³/mol. The number of hydrogen-bond acceptors (Lipinski definition) is 11. The number of anilines is 5. The van der Waals surface area contributed by atoms with Crippen LogP contribution >= 0.6 is 11.6 Å². The summed E-state index contributed by atoms with van der Waals surface area (Å²) in [5, 5.41) is 5.57. The van der Waals surface area contributed by atoms with Gasteiger partial charge in [0.25, 0.3) is 0 Å². The van der Waals surface area contributed by atoms with E-state index in [-0.39, 0.29) is 65.2 Å². The minimum atomic E-state index is -5.52. The molecule has 304 valence electrons. The van der Waals surface area contributed by atoms with Crippen molar-refractivity contribution in [2.45, 2.75) is 115 Å². The molecule has 11 nitrogen and oxygen atoms in total. The summed E-state index contributed by atoms with van der Waals surface area (Å²) in [6.07, 6.45) is -6.47. The van der Waals surface area contributed by atoms with Crippen molar-refractivity contribution in [2.75, 3.05) is 42.4 Å². The van der Waals surface area contributed by atoms with Crippen LogP contribution in [0.1, 0.15) is 141 Å². The van der Waals surface area contributed by atoms with Crippen molar-refractivity contribution in [3.63, 3.8) is 0 Å². The molecule has 0 unspecified atom stereocenters. The smallest absolute Gasteiger partial charge is 0.229 e. The summed E-state index contributed by atoms with van der Waals surface area (Å²) in [6, 6.07) is 9.66. The second-order valence-electron chi connectivity index (χ2n) is 12.5. The van der Waals surface area contributed by atoms with E-state index in [2.05, 4.69) is 31.2 Å². The molecule has 0 amide bonds. The molecule has 1 aromatic heterocycles. The molecule has 3 aromatic carbocycles. The van der Waals surface area contributed by atoms with Crippen LogP contribution in [-0.2, 0) is 9.84 Å². The van der Waals surface area contributed by atoms with Gasteiger partial charge in [-0.3, -0.25) is 0 Å². The lowest BCUT2D eigenvalue weighted by Gasteiger charge is -2.26. The van der Waals surface area contributed by atoms with Crippen molar-refractivity contribution in [2.24, 2.45) is 0 Å². The van der Waals surface area contributed by atoms with Crippen molar-refractivity contribution in [3.8, 4) is 11.5 Å². The van der Waals surface area contributed by atoms with Crippen molar-refractivity contribution < 1.29 is 57.6 Å². The topological polar surface area (TPSA) is 153 Å². The average molecular weight is 836 g/mol. The lowest BCUT2D eigenvalue weighted by Crippen LogP contribution is -2.27. The van der Waals surface area contributed by atoms with Gasteiger partial charge in [0.1, 0.15) is 16.5 Å². The maximum atomic E-state index is 13.7. The van der Waals surface area contributed by atoms with E-state index in [1.54, 1.807) is 13.8 Å². The maximum absolute atomic E-state index is 13.7. The van der Waals surface area contributed by atoms with Crippen LogP contribution in [0.3, 0.4) is 0 Å². The first-order valence-corrected chi connectivity index (χ1v) is 18.6. The number of ether oxygens (including phenoxy) is 2. The third kappa shape index (κ3) is 11.1. The van der Waals surface area contributed by atoms with Crippen LogP contribution in [0, 0.1) is 13.8 Å². The normalized spacial score (nSPS) is 28.6. The molecule has 0 radical (unpaired) electrons. The molecule has 2 aliphatic rings. The molecule has 0 bridgehead atoms. The van der Waals surface area contributed by atoms with E-state index < -0.39 is 122 Å². The first-order chi connectivity index (χ1) is 37.8. The van der Waals surface area contributed by atoms with Gasteiger partial charge in [-0.05, 0) is 177 Å². The third-order valence-electron chi connectivity index (χ3n) is 8.51. The fraction of sp³-hybridized carbons (Fsp3) is 0.488. The van der Waals surface area contributed by atoms with Gasteiger partial charge in [-0.2, -0.15) is 4.98 Å². The summed E-state index contributed by atoms with van der Waals surface area (Å²) in [6.45, 7) is -26.6. The summed E-state index contributed by atoms with van der Waals surface area (Å²) >= 11 is 6.33. The van der Waals surface area contributed by atoms with Crippen LogP contribution in [0.15, 0.2) is 59.6 Å². The van der Waals surface area contributed by atoms with Gasteiger partial charge < -0.3 is 36.5 Å². The molecule has 6 rings (SSSR count). The number of rotatable bonds is 12. The number of halogens is 1. The quantitative estimate of drug-likeness (QED) is 0.0869. The van der Waals surface area contributed by atoms with Crippen molar-refractivity contribution in [3.05, 3.63) is 82.0 Å². The van der Waals surface area contributed by atoms with E-state index in [0.29, 0.717) is 16.7 Å². The van der Waals surface area contributed by atoms with Crippen LogP contribution in [-0.4, -0.2) is 61.8 Å². The Labute approximate surface area is 379 Å². The predicted octanol–water partition coefficient (Wildman–Crippen LogP) is 9.19. The number of nitrogen functional groups attached to an aromatic ring is 1. The average Bonchev–Trinajstić information content (AvgIpc) is 0.887.